The van der Waals surface area contributed by atoms with Crippen LogP contribution in [0.15, 0.2) is 109 Å². The second-order valence-corrected chi connectivity index (χ2v) is 19.5. The maximum absolute atomic E-state index is 12.8. The summed E-state index contributed by atoms with van der Waals surface area (Å²) in [5, 5.41) is 11.8. The van der Waals surface area contributed by atoms with Crippen LogP contribution in [0.3, 0.4) is 0 Å². The minimum atomic E-state index is -1.63. The highest BCUT2D eigenvalue weighted by Crippen LogP contribution is 2.15. The van der Waals surface area contributed by atoms with Gasteiger partial charge in [-0.1, -0.05) is 207 Å². The Hall–Kier alpha value is -4.05. The van der Waals surface area contributed by atoms with Gasteiger partial charge >= 0.3 is 11.9 Å². The Balaban J connectivity index is 4.23. The average Bonchev–Trinajstić information content (AvgIpc) is 3.34. The number of allylic oxidation sites excluding steroid dienone is 18. The SMILES string of the molecule is CC/C=C\C/C=C\C/C=C\C/C=C\C/C=C\C/C=C\CCCCCCCCCCCCCCC(=O)OC(COC(=O)CCCCCCC/C=C\C/C=C\C/C=C\CC)COC(OCC[N+](C)(C)C)C(=O)[O-]. The Morgan fingerprint density at radius 2 is 0.761 bits per heavy atom. The number of likely N-dealkylation sites (N-methyl/N-ethyl adjacent to an activating group) is 1. The fourth-order valence-corrected chi connectivity index (χ4v) is 7.26. The average molecular weight is 991 g/mol. The first kappa shape index (κ1) is 67.0. The lowest BCUT2D eigenvalue weighted by Crippen LogP contribution is -2.44. The van der Waals surface area contributed by atoms with Crippen molar-refractivity contribution in [1.29, 1.82) is 0 Å². The van der Waals surface area contributed by atoms with Crippen molar-refractivity contribution in [3.8, 4) is 0 Å². The van der Waals surface area contributed by atoms with Crippen molar-refractivity contribution in [2.24, 2.45) is 0 Å². The third-order valence-corrected chi connectivity index (χ3v) is 11.5. The van der Waals surface area contributed by atoms with Crippen LogP contribution in [0.4, 0.5) is 0 Å². The maximum atomic E-state index is 12.8. The fraction of sp³-hybridized carbons (Fsp3) is 0.661. The van der Waals surface area contributed by atoms with E-state index in [9.17, 15) is 19.5 Å². The number of carboxylic acids is 1. The molecule has 9 nitrogen and oxygen atoms in total. The molecule has 0 aliphatic carbocycles. The second kappa shape index (κ2) is 52.3. The van der Waals surface area contributed by atoms with Gasteiger partial charge in [0.25, 0.3) is 0 Å². The van der Waals surface area contributed by atoms with E-state index in [1.807, 2.05) is 21.1 Å². The third-order valence-electron chi connectivity index (χ3n) is 11.5. The smallest absolute Gasteiger partial charge is 0.306 e. The van der Waals surface area contributed by atoms with Gasteiger partial charge in [0.1, 0.15) is 13.2 Å². The van der Waals surface area contributed by atoms with Gasteiger partial charge in [-0.15, -0.1) is 0 Å². The zero-order chi connectivity index (χ0) is 52.0. The number of hydrogen-bond donors (Lipinski definition) is 0. The van der Waals surface area contributed by atoms with Gasteiger partial charge in [-0.25, -0.2) is 0 Å². The Morgan fingerprint density at radius 1 is 0.423 bits per heavy atom. The molecular weight excluding hydrogens is 887 g/mol. The Morgan fingerprint density at radius 3 is 1.13 bits per heavy atom. The second-order valence-electron chi connectivity index (χ2n) is 19.5. The van der Waals surface area contributed by atoms with Crippen LogP contribution in [0.2, 0.25) is 0 Å². The first-order chi connectivity index (χ1) is 34.6. The first-order valence-electron chi connectivity index (χ1n) is 28.0. The van der Waals surface area contributed by atoms with E-state index in [1.165, 1.54) is 57.8 Å². The summed E-state index contributed by atoms with van der Waals surface area (Å²) in [6, 6.07) is 0. The topological polar surface area (TPSA) is 111 Å². The van der Waals surface area contributed by atoms with Gasteiger partial charge in [0.2, 0.25) is 0 Å². The van der Waals surface area contributed by atoms with E-state index < -0.39 is 24.3 Å². The van der Waals surface area contributed by atoms with E-state index in [1.54, 1.807) is 0 Å². The van der Waals surface area contributed by atoms with E-state index in [0.717, 1.165) is 109 Å². The molecule has 0 bridgehead atoms. The number of aliphatic carboxylic acids is 1. The van der Waals surface area contributed by atoms with E-state index in [0.29, 0.717) is 23.9 Å². The Bertz CT molecular complexity index is 1530. The van der Waals surface area contributed by atoms with Crippen molar-refractivity contribution in [2.45, 2.75) is 219 Å². The number of carbonyl (C=O) groups excluding carboxylic acids is 3. The molecule has 0 aliphatic heterocycles. The molecule has 0 aromatic rings. The molecule has 0 radical (unpaired) electrons. The molecule has 2 unspecified atom stereocenters. The number of unbranched alkanes of at least 4 members (excludes halogenated alkanes) is 17. The number of hydrogen-bond acceptors (Lipinski definition) is 8. The van der Waals surface area contributed by atoms with E-state index in [-0.39, 0.29) is 38.6 Å². The lowest BCUT2D eigenvalue weighted by Gasteiger charge is -2.26. The normalized spacial score (nSPS) is 13.6. The van der Waals surface area contributed by atoms with Gasteiger partial charge in [0, 0.05) is 12.8 Å². The number of rotatable bonds is 50. The molecule has 0 spiro atoms. The van der Waals surface area contributed by atoms with Gasteiger partial charge in [0.15, 0.2) is 12.4 Å². The molecule has 2 atom stereocenters. The van der Waals surface area contributed by atoms with Crippen LogP contribution in [0.1, 0.15) is 206 Å². The number of esters is 2. The molecule has 0 aromatic heterocycles. The summed E-state index contributed by atoms with van der Waals surface area (Å²) in [4.78, 5) is 37.2. The molecule has 404 valence electrons. The number of carbonyl (C=O) groups is 3. The predicted molar refractivity (Wildman–Crippen MR) is 297 cm³/mol. The van der Waals surface area contributed by atoms with Crippen LogP contribution in [-0.2, 0) is 33.3 Å². The van der Waals surface area contributed by atoms with Gasteiger partial charge in [-0.3, -0.25) is 9.59 Å². The molecule has 71 heavy (non-hydrogen) atoms. The Kier molecular flexibility index (Phi) is 49.3. The summed E-state index contributed by atoms with van der Waals surface area (Å²) in [6.45, 7) is 4.48. The van der Waals surface area contributed by atoms with Gasteiger partial charge < -0.3 is 33.3 Å². The van der Waals surface area contributed by atoms with Crippen molar-refractivity contribution in [3.05, 3.63) is 109 Å². The van der Waals surface area contributed by atoms with E-state index >= 15 is 0 Å². The number of quaternary nitrogens is 1. The summed E-state index contributed by atoms with van der Waals surface area (Å²) in [5.41, 5.74) is 0. The highest BCUT2D eigenvalue weighted by molar-refractivity contribution is 5.70. The lowest BCUT2D eigenvalue weighted by molar-refractivity contribution is -0.870. The minimum absolute atomic E-state index is 0.139. The molecule has 0 saturated carbocycles. The quantitative estimate of drug-likeness (QED) is 0.0195. The standard InChI is InChI=1S/C62H103NO8/c1-6-8-10-12-14-16-18-20-22-23-24-25-26-27-28-29-30-31-32-33-34-35-36-37-39-41-43-45-47-49-51-53-60(65)71-58(57-70-62(61(66)67)68-55-54-63(3,4)5)56-69-59(64)52-50-48-46-44-42-40-38-21-19-17-15-13-11-9-7-2/h8-11,14-17,20-22,24-25,27-28,30-31,38,58,62H,6-7,12-13,18-19,23,26,29,32-37,39-57H2,1-5H3/b10-8-,11-9-,16-14-,17-15-,22-20-,25-24-,28-27-,31-30-,38-21-. The van der Waals surface area contributed by atoms with Crippen LogP contribution in [-0.4, -0.2) is 82.3 Å². The van der Waals surface area contributed by atoms with Crippen LogP contribution >= 0.6 is 0 Å². The van der Waals surface area contributed by atoms with Crippen LogP contribution in [0.25, 0.3) is 0 Å². The zero-order valence-electron chi connectivity index (χ0n) is 45.8. The van der Waals surface area contributed by atoms with Crippen molar-refractivity contribution >= 4 is 17.9 Å². The predicted octanol–water partition coefficient (Wildman–Crippen LogP) is 15.0. The van der Waals surface area contributed by atoms with Crippen LogP contribution in [0, 0.1) is 0 Å². The summed E-state index contributed by atoms with van der Waals surface area (Å²) >= 11 is 0. The molecule has 0 fully saturated rings. The molecule has 0 amide bonds. The maximum Gasteiger partial charge on any atom is 0.306 e. The minimum Gasteiger partial charge on any atom is -0.545 e. The lowest BCUT2D eigenvalue weighted by atomic mass is 10.0. The number of nitrogens with zero attached hydrogens (tertiary/aromatic N) is 1. The molecule has 0 N–H and O–H groups in total. The number of carboxylic acid groups (broad SMARTS) is 1. The van der Waals surface area contributed by atoms with Crippen molar-refractivity contribution < 1.29 is 42.9 Å². The highest BCUT2D eigenvalue weighted by Gasteiger charge is 2.22. The fourth-order valence-electron chi connectivity index (χ4n) is 7.26. The molecule has 0 rings (SSSR count). The summed E-state index contributed by atoms with van der Waals surface area (Å²) in [5.74, 6) is -2.32. The third kappa shape index (κ3) is 53.6. The first-order valence-corrected chi connectivity index (χ1v) is 28.0. The number of ether oxygens (including phenoxy) is 4. The van der Waals surface area contributed by atoms with E-state index in [2.05, 4.69) is 123 Å². The van der Waals surface area contributed by atoms with Gasteiger partial charge in [-0.2, -0.15) is 0 Å². The summed E-state index contributed by atoms with van der Waals surface area (Å²) < 4.78 is 22.6. The Labute approximate surface area is 434 Å². The zero-order valence-corrected chi connectivity index (χ0v) is 45.8. The molecule has 0 heterocycles. The molecule has 0 saturated heterocycles. The van der Waals surface area contributed by atoms with Gasteiger partial charge in [-0.05, 0) is 96.3 Å². The van der Waals surface area contributed by atoms with Crippen LogP contribution < -0.4 is 5.11 Å². The largest absolute Gasteiger partial charge is 0.545 e. The van der Waals surface area contributed by atoms with Crippen molar-refractivity contribution in [1.82, 2.24) is 0 Å². The molecule has 9 heteroatoms. The highest BCUT2D eigenvalue weighted by atomic mass is 16.7. The van der Waals surface area contributed by atoms with E-state index in [4.69, 9.17) is 18.9 Å². The van der Waals surface area contributed by atoms with Crippen molar-refractivity contribution in [2.75, 3.05) is 47.5 Å². The molecule has 0 aromatic carbocycles. The van der Waals surface area contributed by atoms with Gasteiger partial charge in [0.05, 0.1) is 40.3 Å². The molecule has 0 aliphatic rings. The van der Waals surface area contributed by atoms with Crippen LogP contribution in [0.5, 0.6) is 0 Å². The van der Waals surface area contributed by atoms with Crippen molar-refractivity contribution in [3.63, 3.8) is 0 Å². The summed E-state index contributed by atoms with van der Waals surface area (Å²) in [7, 11) is 5.90. The summed E-state index contributed by atoms with van der Waals surface area (Å²) in [6.07, 6.45) is 68.5. The monoisotopic (exact) mass is 990 g/mol. The molecular formula is C62H103NO8.